The highest BCUT2D eigenvalue weighted by Crippen LogP contribution is 2.13. The summed E-state index contributed by atoms with van der Waals surface area (Å²) in [5.74, 6) is -1.10. The van der Waals surface area contributed by atoms with E-state index in [1.165, 1.54) is 12.1 Å². The van der Waals surface area contributed by atoms with E-state index in [0.29, 0.717) is 6.42 Å². The molecule has 0 spiro atoms. The van der Waals surface area contributed by atoms with Crippen LogP contribution in [-0.2, 0) is 20.7 Å². The Morgan fingerprint density at radius 3 is 2.50 bits per heavy atom. The largest absolute Gasteiger partial charge is 0.464 e. The molecule has 0 unspecified atom stereocenters. The van der Waals surface area contributed by atoms with Crippen LogP contribution in [0.5, 0.6) is 0 Å². The quantitative estimate of drug-likeness (QED) is 0.411. The molecule has 1 aromatic rings. The van der Waals surface area contributed by atoms with Crippen LogP contribution in [0.3, 0.4) is 0 Å². The van der Waals surface area contributed by atoms with Crippen molar-refractivity contribution in [3.63, 3.8) is 0 Å². The number of nitro benzene ring substituents is 1. The normalized spacial score (nSPS) is 11.5. The Morgan fingerprint density at radius 2 is 2.00 bits per heavy atom. The molecule has 0 aliphatic rings. The lowest BCUT2D eigenvalue weighted by Crippen LogP contribution is -2.44. The van der Waals surface area contributed by atoms with Crippen LogP contribution in [0.15, 0.2) is 24.3 Å². The number of non-ortho nitro benzene ring substituents is 1. The second kappa shape index (κ2) is 8.73. The van der Waals surface area contributed by atoms with E-state index in [9.17, 15) is 19.7 Å². The van der Waals surface area contributed by atoms with Gasteiger partial charge in [-0.05, 0) is 18.9 Å². The molecule has 8 heteroatoms. The fourth-order valence-electron chi connectivity index (χ4n) is 1.73. The lowest BCUT2D eigenvalue weighted by atomic mass is 10.1. The summed E-state index contributed by atoms with van der Waals surface area (Å²) in [5.41, 5.74) is 0.744. The minimum absolute atomic E-state index is 0.0177. The van der Waals surface area contributed by atoms with E-state index in [1.54, 1.807) is 19.1 Å². The Morgan fingerprint density at radius 1 is 1.36 bits per heavy atom. The third-order valence-corrected chi connectivity index (χ3v) is 2.88. The summed E-state index contributed by atoms with van der Waals surface area (Å²) >= 11 is 0. The maximum Gasteiger partial charge on any atom is 0.331 e. The molecule has 0 radical (unpaired) electrons. The van der Waals surface area contributed by atoms with E-state index in [4.69, 9.17) is 9.84 Å². The zero-order chi connectivity index (χ0) is 16.5. The lowest BCUT2D eigenvalue weighted by molar-refractivity contribution is -0.384. The zero-order valence-electron chi connectivity index (χ0n) is 12.2. The van der Waals surface area contributed by atoms with E-state index in [0.717, 1.165) is 5.56 Å². The van der Waals surface area contributed by atoms with Gasteiger partial charge in [0.2, 0.25) is 5.91 Å². The van der Waals surface area contributed by atoms with Crippen LogP contribution in [0.1, 0.15) is 18.9 Å². The molecule has 1 rings (SSSR count). The van der Waals surface area contributed by atoms with Crippen molar-refractivity contribution in [1.29, 1.82) is 0 Å². The van der Waals surface area contributed by atoms with E-state index < -0.39 is 29.4 Å². The summed E-state index contributed by atoms with van der Waals surface area (Å²) in [6.07, 6.45) is 0.457. The molecule has 120 valence electrons. The Kier molecular flexibility index (Phi) is 6.97. The van der Waals surface area contributed by atoms with Crippen LogP contribution in [-0.4, -0.2) is 41.2 Å². The molecule has 0 saturated heterocycles. The molecule has 0 fully saturated rings. The predicted molar refractivity (Wildman–Crippen MR) is 77.1 cm³/mol. The molecule has 0 aliphatic carbocycles. The number of hydrogen-bond acceptors (Lipinski definition) is 6. The van der Waals surface area contributed by atoms with Crippen molar-refractivity contribution in [3.8, 4) is 0 Å². The van der Waals surface area contributed by atoms with E-state index in [2.05, 4.69) is 5.32 Å². The van der Waals surface area contributed by atoms with Gasteiger partial charge in [0.25, 0.3) is 5.69 Å². The van der Waals surface area contributed by atoms with Gasteiger partial charge in [0, 0.05) is 18.6 Å². The van der Waals surface area contributed by atoms with Gasteiger partial charge in [-0.2, -0.15) is 0 Å². The second-order valence-electron chi connectivity index (χ2n) is 4.48. The van der Waals surface area contributed by atoms with Crippen LogP contribution < -0.4 is 5.32 Å². The van der Waals surface area contributed by atoms with Gasteiger partial charge in [-0.15, -0.1) is 0 Å². The molecule has 0 aliphatic heterocycles. The number of aliphatic hydroxyl groups is 1. The maximum absolute atomic E-state index is 11.7. The number of rotatable bonds is 8. The van der Waals surface area contributed by atoms with Crippen molar-refractivity contribution < 1.29 is 24.4 Å². The number of carbonyl (C=O) groups is 2. The molecule has 1 atom stereocenters. The molecular formula is C14H18N2O6. The minimum Gasteiger partial charge on any atom is -0.464 e. The first kappa shape index (κ1) is 17.6. The maximum atomic E-state index is 11.7. The van der Waals surface area contributed by atoms with Crippen LogP contribution in [0, 0.1) is 10.1 Å². The summed E-state index contributed by atoms with van der Waals surface area (Å²) in [4.78, 5) is 33.2. The first-order valence-corrected chi connectivity index (χ1v) is 6.78. The van der Waals surface area contributed by atoms with Crippen LogP contribution in [0.25, 0.3) is 0 Å². The second-order valence-corrected chi connectivity index (χ2v) is 4.48. The number of ether oxygens (including phenoxy) is 1. The van der Waals surface area contributed by atoms with Crippen molar-refractivity contribution in [2.45, 2.75) is 25.8 Å². The van der Waals surface area contributed by atoms with Crippen LogP contribution in [0.2, 0.25) is 0 Å². The van der Waals surface area contributed by atoms with Crippen molar-refractivity contribution in [1.82, 2.24) is 5.32 Å². The number of hydrogen-bond donors (Lipinski definition) is 2. The Bertz CT molecular complexity index is 529. The third-order valence-electron chi connectivity index (χ3n) is 2.88. The molecule has 1 amide bonds. The minimum atomic E-state index is -1.08. The zero-order valence-corrected chi connectivity index (χ0v) is 12.2. The summed E-state index contributed by atoms with van der Waals surface area (Å²) in [6, 6.07) is 4.79. The number of benzene rings is 1. The van der Waals surface area contributed by atoms with Gasteiger partial charge >= 0.3 is 5.97 Å². The fourth-order valence-corrected chi connectivity index (χ4v) is 1.73. The van der Waals surface area contributed by atoms with Gasteiger partial charge in [0.05, 0.1) is 18.1 Å². The number of amides is 1. The molecule has 2 N–H and O–H groups in total. The van der Waals surface area contributed by atoms with Gasteiger partial charge in [-0.1, -0.05) is 12.1 Å². The van der Waals surface area contributed by atoms with Gasteiger partial charge in [-0.3, -0.25) is 14.9 Å². The molecular weight excluding hydrogens is 292 g/mol. The molecule has 1 aromatic carbocycles. The Hall–Kier alpha value is -2.48. The number of nitrogens with one attached hydrogen (secondary N) is 1. The van der Waals surface area contributed by atoms with Crippen molar-refractivity contribution >= 4 is 17.6 Å². The Balaban J connectivity index is 2.48. The molecule has 0 aromatic heterocycles. The number of carbonyl (C=O) groups excluding carboxylic acids is 2. The average molecular weight is 310 g/mol. The fraction of sp³-hybridized carbons (Fsp3) is 0.429. The highest BCUT2D eigenvalue weighted by molar-refractivity contribution is 5.84. The lowest BCUT2D eigenvalue weighted by Gasteiger charge is -2.14. The van der Waals surface area contributed by atoms with Crippen molar-refractivity contribution in [3.05, 3.63) is 39.9 Å². The smallest absolute Gasteiger partial charge is 0.331 e. The highest BCUT2D eigenvalue weighted by atomic mass is 16.6. The Labute approximate surface area is 127 Å². The van der Waals surface area contributed by atoms with Crippen molar-refractivity contribution in [2.24, 2.45) is 0 Å². The SMILES string of the molecule is CCOC(=O)[C@H](CO)NC(=O)CCc1ccc([N+](=O)[O-])cc1. The highest BCUT2D eigenvalue weighted by Gasteiger charge is 2.20. The molecule has 8 nitrogen and oxygen atoms in total. The van der Waals surface area contributed by atoms with E-state index in [-0.39, 0.29) is 18.7 Å². The van der Waals surface area contributed by atoms with E-state index in [1.807, 2.05) is 0 Å². The molecule has 0 saturated carbocycles. The molecule has 0 heterocycles. The standard InChI is InChI=1S/C14H18N2O6/c1-2-22-14(19)12(9-17)15-13(18)8-5-10-3-6-11(7-4-10)16(20)21/h3-4,6-7,12,17H,2,5,8-9H2,1H3,(H,15,18)/t12-/m0/s1. The summed E-state index contributed by atoms with van der Waals surface area (Å²) < 4.78 is 4.72. The topological polar surface area (TPSA) is 119 Å². The first-order valence-electron chi connectivity index (χ1n) is 6.78. The van der Waals surface area contributed by atoms with Crippen LogP contribution >= 0.6 is 0 Å². The monoisotopic (exact) mass is 310 g/mol. The number of nitro groups is 1. The van der Waals surface area contributed by atoms with Gasteiger partial charge in [0.15, 0.2) is 6.04 Å². The number of esters is 1. The van der Waals surface area contributed by atoms with Gasteiger partial charge in [0.1, 0.15) is 0 Å². The average Bonchev–Trinajstić information content (AvgIpc) is 2.51. The van der Waals surface area contributed by atoms with Crippen LogP contribution in [0.4, 0.5) is 5.69 Å². The van der Waals surface area contributed by atoms with E-state index >= 15 is 0 Å². The first-order chi connectivity index (χ1) is 10.5. The molecule has 0 bridgehead atoms. The van der Waals surface area contributed by atoms with Gasteiger partial charge in [-0.25, -0.2) is 4.79 Å². The predicted octanol–water partition coefficient (Wildman–Crippen LogP) is 0.568. The third kappa shape index (κ3) is 5.49. The summed E-state index contributed by atoms with van der Waals surface area (Å²) in [5, 5.41) is 22.0. The summed E-state index contributed by atoms with van der Waals surface area (Å²) in [7, 11) is 0. The van der Waals surface area contributed by atoms with Crippen molar-refractivity contribution in [2.75, 3.05) is 13.2 Å². The number of aryl methyl sites for hydroxylation is 1. The number of nitrogens with zero attached hydrogens (tertiary/aromatic N) is 1. The molecule has 22 heavy (non-hydrogen) atoms. The number of aliphatic hydroxyl groups excluding tert-OH is 1. The summed E-state index contributed by atoms with van der Waals surface area (Å²) in [6.45, 7) is 1.25. The van der Waals surface area contributed by atoms with Gasteiger partial charge < -0.3 is 15.2 Å².